The molecule has 0 fully saturated rings. The lowest BCUT2D eigenvalue weighted by molar-refractivity contribution is -0.116. The number of hydrogen-bond donors (Lipinski definition) is 2. The fourth-order valence-corrected chi connectivity index (χ4v) is 2.24. The number of amides is 2. The van der Waals surface area contributed by atoms with Crippen molar-refractivity contribution in [2.24, 2.45) is 0 Å². The van der Waals surface area contributed by atoms with E-state index in [1.165, 1.54) is 11.8 Å². The van der Waals surface area contributed by atoms with Crippen LogP contribution in [-0.4, -0.2) is 31.1 Å². The molecule has 25 heavy (non-hydrogen) atoms. The summed E-state index contributed by atoms with van der Waals surface area (Å²) < 4.78 is 5.06. The molecule has 0 aliphatic rings. The highest BCUT2D eigenvalue weighted by Gasteiger charge is 2.09. The highest BCUT2D eigenvalue weighted by molar-refractivity contribution is 7.80. The Kier molecular flexibility index (Phi) is 6.08. The molecule has 0 aromatic heterocycles. The normalized spacial score (nSPS) is 9.88. The first-order chi connectivity index (χ1) is 11.9. The summed E-state index contributed by atoms with van der Waals surface area (Å²) in [6.07, 6.45) is 0. The first-order valence-corrected chi connectivity index (χ1v) is 7.92. The van der Waals surface area contributed by atoms with Crippen molar-refractivity contribution in [2.75, 3.05) is 24.4 Å². The highest BCUT2D eigenvalue weighted by Crippen LogP contribution is 2.17. The van der Waals surface area contributed by atoms with Crippen molar-refractivity contribution in [2.45, 2.75) is 6.92 Å². The third-order valence-corrected chi connectivity index (χ3v) is 3.77. The minimum Gasteiger partial charge on any atom is -0.497 e. The Labute approximate surface area is 151 Å². The van der Waals surface area contributed by atoms with E-state index >= 15 is 0 Å². The quantitative estimate of drug-likeness (QED) is 0.824. The molecule has 0 aliphatic heterocycles. The van der Waals surface area contributed by atoms with Crippen molar-refractivity contribution >= 4 is 40.5 Å². The van der Waals surface area contributed by atoms with Gasteiger partial charge in [0.05, 0.1) is 7.11 Å². The minimum atomic E-state index is -0.312. The summed E-state index contributed by atoms with van der Waals surface area (Å²) in [7, 11) is 3.26. The number of rotatable bonds is 4. The van der Waals surface area contributed by atoms with Crippen LogP contribution >= 0.6 is 12.2 Å². The molecular weight excluding hydrogens is 338 g/mol. The van der Waals surface area contributed by atoms with Gasteiger partial charge < -0.3 is 15.0 Å². The zero-order valence-electron chi connectivity index (χ0n) is 14.2. The molecule has 130 valence electrons. The van der Waals surface area contributed by atoms with Gasteiger partial charge in [-0.3, -0.25) is 14.9 Å². The van der Waals surface area contributed by atoms with Crippen LogP contribution in [0.4, 0.5) is 11.4 Å². The van der Waals surface area contributed by atoms with E-state index in [0.29, 0.717) is 17.0 Å². The molecule has 0 spiro atoms. The molecule has 7 heteroatoms. The van der Waals surface area contributed by atoms with Gasteiger partial charge in [0.15, 0.2) is 5.11 Å². The molecule has 0 saturated carbocycles. The zero-order chi connectivity index (χ0) is 18.4. The molecule has 2 rings (SSSR count). The minimum absolute atomic E-state index is 0.0528. The van der Waals surface area contributed by atoms with E-state index < -0.39 is 0 Å². The Morgan fingerprint density at radius 3 is 2.16 bits per heavy atom. The summed E-state index contributed by atoms with van der Waals surface area (Å²) in [5.41, 5.74) is 1.95. The van der Waals surface area contributed by atoms with Crippen LogP contribution < -0.4 is 20.3 Å². The van der Waals surface area contributed by atoms with Crippen LogP contribution in [0.1, 0.15) is 17.3 Å². The largest absolute Gasteiger partial charge is 0.497 e. The van der Waals surface area contributed by atoms with Gasteiger partial charge in [-0.2, -0.15) is 0 Å². The number of carbonyl (C=O) groups is 2. The zero-order valence-corrected chi connectivity index (χ0v) is 15.0. The maximum absolute atomic E-state index is 12.1. The number of anilines is 2. The first-order valence-electron chi connectivity index (χ1n) is 7.51. The molecule has 2 aromatic rings. The Bertz CT molecular complexity index is 773. The number of benzene rings is 2. The number of carbonyl (C=O) groups excluding carboxylic acids is 2. The maximum Gasteiger partial charge on any atom is 0.257 e. The topological polar surface area (TPSA) is 70.7 Å². The summed E-state index contributed by atoms with van der Waals surface area (Å²) in [5, 5.41) is 5.73. The van der Waals surface area contributed by atoms with Crippen LogP contribution in [0.3, 0.4) is 0 Å². The third-order valence-electron chi connectivity index (χ3n) is 3.56. The standard InChI is InChI=1S/C18H19N3O3S/c1-12(22)21(2)15-8-6-14(7-9-15)19-18(25)20-17(23)13-4-10-16(24-3)11-5-13/h4-11H,1-3H3,(H2,19,20,23,25). The van der Waals surface area contributed by atoms with Crippen molar-refractivity contribution in [1.82, 2.24) is 5.32 Å². The molecule has 0 atom stereocenters. The monoisotopic (exact) mass is 357 g/mol. The van der Waals surface area contributed by atoms with Crippen LogP contribution in [0.25, 0.3) is 0 Å². The lowest BCUT2D eigenvalue weighted by Gasteiger charge is -2.16. The second-order valence-electron chi connectivity index (χ2n) is 5.26. The summed E-state index contributed by atoms with van der Waals surface area (Å²) in [5.74, 6) is 0.309. The molecule has 0 radical (unpaired) electrons. The molecule has 0 saturated heterocycles. The number of thiocarbonyl (C=S) groups is 1. The fourth-order valence-electron chi connectivity index (χ4n) is 2.03. The van der Waals surface area contributed by atoms with Gasteiger partial charge in [0.2, 0.25) is 5.91 Å². The van der Waals surface area contributed by atoms with Crippen LogP contribution in [0.5, 0.6) is 5.75 Å². The van der Waals surface area contributed by atoms with E-state index in [-0.39, 0.29) is 16.9 Å². The van der Waals surface area contributed by atoms with Gasteiger partial charge >= 0.3 is 0 Å². The Hall–Kier alpha value is -2.93. The van der Waals surface area contributed by atoms with E-state index in [1.807, 2.05) is 0 Å². The Balaban J connectivity index is 1.95. The van der Waals surface area contributed by atoms with Gasteiger partial charge in [-0.1, -0.05) is 0 Å². The predicted molar refractivity (Wildman–Crippen MR) is 102 cm³/mol. The SMILES string of the molecule is COc1ccc(C(=O)NC(=S)Nc2ccc(N(C)C(C)=O)cc2)cc1. The average Bonchev–Trinajstić information content (AvgIpc) is 2.61. The number of nitrogens with zero attached hydrogens (tertiary/aromatic N) is 1. The van der Waals surface area contributed by atoms with Gasteiger partial charge in [0, 0.05) is 30.9 Å². The van der Waals surface area contributed by atoms with Crippen LogP contribution in [0, 0.1) is 0 Å². The van der Waals surface area contributed by atoms with Gasteiger partial charge in [0.25, 0.3) is 5.91 Å². The molecular formula is C18H19N3O3S. The number of hydrogen-bond acceptors (Lipinski definition) is 4. The maximum atomic E-state index is 12.1. The van der Waals surface area contributed by atoms with E-state index in [2.05, 4.69) is 10.6 Å². The lowest BCUT2D eigenvalue weighted by atomic mass is 10.2. The van der Waals surface area contributed by atoms with E-state index in [1.54, 1.807) is 62.7 Å². The lowest BCUT2D eigenvalue weighted by Crippen LogP contribution is -2.34. The van der Waals surface area contributed by atoms with Crippen molar-refractivity contribution in [3.05, 3.63) is 54.1 Å². The molecule has 2 aromatic carbocycles. The van der Waals surface area contributed by atoms with Crippen molar-refractivity contribution in [1.29, 1.82) is 0 Å². The van der Waals surface area contributed by atoms with Crippen molar-refractivity contribution in [3.8, 4) is 5.75 Å². The average molecular weight is 357 g/mol. The Morgan fingerprint density at radius 1 is 1.04 bits per heavy atom. The fraction of sp³-hybridized carbons (Fsp3) is 0.167. The van der Waals surface area contributed by atoms with E-state index in [9.17, 15) is 9.59 Å². The van der Waals surface area contributed by atoms with Crippen molar-refractivity contribution < 1.29 is 14.3 Å². The van der Waals surface area contributed by atoms with Crippen molar-refractivity contribution in [3.63, 3.8) is 0 Å². The number of methoxy groups -OCH3 is 1. The van der Waals surface area contributed by atoms with Gasteiger partial charge in [0.1, 0.15) is 5.75 Å². The smallest absolute Gasteiger partial charge is 0.257 e. The molecule has 0 bridgehead atoms. The summed E-state index contributed by atoms with van der Waals surface area (Å²) in [6.45, 7) is 1.50. The van der Waals surface area contributed by atoms with Crippen LogP contribution in [0.2, 0.25) is 0 Å². The molecule has 0 aliphatic carbocycles. The second-order valence-corrected chi connectivity index (χ2v) is 5.67. The Morgan fingerprint density at radius 2 is 1.64 bits per heavy atom. The number of nitrogens with one attached hydrogen (secondary N) is 2. The van der Waals surface area contributed by atoms with E-state index in [4.69, 9.17) is 17.0 Å². The summed E-state index contributed by atoms with van der Waals surface area (Å²) in [6, 6.07) is 13.9. The first kappa shape index (κ1) is 18.4. The molecule has 0 unspecified atom stereocenters. The van der Waals surface area contributed by atoms with Crippen LogP contribution in [0.15, 0.2) is 48.5 Å². The highest BCUT2D eigenvalue weighted by atomic mass is 32.1. The predicted octanol–water partition coefficient (Wildman–Crippen LogP) is 2.80. The molecule has 0 heterocycles. The van der Waals surface area contributed by atoms with Crippen LogP contribution in [-0.2, 0) is 4.79 Å². The van der Waals surface area contributed by atoms with E-state index in [0.717, 1.165) is 5.69 Å². The third kappa shape index (κ3) is 5.02. The molecule has 6 nitrogen and oxygen atoms in total. The number of ether oxygens (including phenoxy) is 1. The van der Waals surface area contributed by atoms with Gasteiger partial charge in [-0.25, -0.2) is 0 Å². The van der Waals surface area contributed by atoms with Gasteiger partial charge in [-0.15, -0.1) is 0 Å². The van der Waals surface area contributed by atoms with Gasteiger partial charge in [-0.05, 0) is 60.7 Å². The summed E-state index contributed by atoms with van der Waals surface area (Å²) >= 11 is 5.15. The summed E-state index contributed by atoms with van der Waals surface area (Å²) in [4.78, 5) is 25.0. The molecule has 2 amide bonds. The molecule has 2 N–H and O–H groups in total. The second kappa shape index (κ2) is 8.25.